The van der Waals surface area contributed by atoms with Gasteiger partial charge in [-0.3, -0.25) is 9.69 Å². The highest BCUT2D eigenvalue weighted by Crippen LogP contribution is 2.30. The molecule has 5 heteroatoms. The van der Waals surface area contributed by atoms with E-state index in [1.54, 1.807) is 12.0 Å². The Balaban J connectivity index is 1.18. The molecular weight excluding hydrogens is 404 g/mol. The van der Waals surface area contributed by atoms with Gasteiger partial charge in [0.15, 0.2) is 0 Å². The number of carbonyl (C=O) groups excluding carboxylic acids is 1. The monoisotopic (exact) mass is 434 g/mol. The Kier molecular flexibility index (Phi) is 5.97. The number of carbonyl (C=O) groups is 1. The topological polar surface area (TPSA) is 32.8 Å². The number of benzene rings is 2. The molecule has 3 heterocycles. The van der Waals surface area contributed by atoms with Crippen LogP contribution in [0.2, 0.25) is 0 Å². The first kappa shape index (κ1) is 20.5. The third kappa shape index (κ3) is 4.21. The number of likely N-dealkylation sites (tertiary alicyclic amines) is 1. The molecule has 0 atom stereocenters. The van der Waals surface area contributed by atoms with Crippen molar-refractivity contribution in [1.29, 1.82) is 0 Å². The molecule has 1 aromatic heterocycles. The molecule has 2 aromatic carbocycles. The van der Waals surface area contributed by atoms with Crippen molar-refractivity contribution in [3.8, 4) is 5.75 Å². The van der Waals surface area contributed by atoms with Crippen LogP contribution in [0.4, 0.5) is 0 Å². The van der Waals surface area contributed by atoms with Crippen LogP contribution >= 0.6 is 11.3 Å². The SMILES string of the molecule is COc1ccc2ccccc2c1CCC(=O)N1CCC(N2CCc3sccc3C2)CC1. The van der Waals surface area contributed by atoms with Gasteiger partial charge in [-0.2, -0.15) is 0 Å². The van der Waals surface area contributed by atoms with Gasteiger partial charge in [0.25, 0.3) is 0 Å². The molecule has 1 saturated heterocycles. The molecule has 1 fully saturated rings. The van der Waals surface area contributed by atoms with Gasteiger partial charge in [-0.25, -0.2) is 0 Å². The van der Waals surface area contributed by atoms with Gasteiger partial charge in [-0.15, -0.1) is 11.3 Å². The van der Waals surface area contributed by atoms with Gasteiger partial charge in [0.05, 0.1) is 7.11 Å². The summed E-state index contributed by atoms with van der Waals surface area (Å²) in [7, 11) is 1.71. The molecule has 1 amide bonds. The van der Waals surface area contributed by atoms with Gasteiger partial charge in [-0.05, 0) is 59.5 Å². The first-order chi connectivity index (χ1) is 15.2. The minimum absolute atomic E-state index is 0.271. The number of piperidine rings is 1. The predicted molar refractivity (Wildman–Crippen MR) is 127 cm³/mol. The number of hydrogen-bond acceptors (Lipinski definition) is 4. The average Bonchev–Trinajstić information content (AvgIpc) is 3.30. The first-order valence-electron chi connectivity index (χ1n) is 11.3. The molecule has 0 saturated carbocycles. The standard InChI is InChI=1S/C26H30N2O2S/c1-30-24-8-6-19-4-2-3-5-22(19)23(24)7-9-26(29)27-14-10-21(11-15-27)28-16-12-25-20(18-28)13-17-31-25/h2-6,8,13,17,21H,7,9-12,14-16,18H2,1H3. The van der Waals surface area contributed by atoms with E-state index >= 15 is 0 Å². The summed E-state index contributed by atoms with van der Waals surface area (Å²) in [6, 6.07) is 15.3. The normalized spacial score (nSPS) is 17.6. The Morgan fingerprint density at radius 2 is 1.94 bits per heavy atom. The maximum absolute atomic E-state index is 13.0. The molecule has 4 nitrogen and oxygen atoms in total. The fraction of sp³-hybridized carbons (Fsp3) is 0.423. The second-order valence-corrected chi connectivity index (χ2v) is 9.67. The van der Waals surface area contributed by atoms with Crippen LogP contribution in [-0.2, 0) is 24.2 Å². The largest absolute Gasteiger partial charge is 0.496 e. The average molecular weight is 435 g/mol. The summed E-state index contributed by atoms with van der Waals surface area (Å²) in [6.07, 6.45) is 4.61. The van der Waals surface area contributed by atoms with E-state index in [4.69, 9.17) is 4.74 Å². The Labute approximate surface area is 188 Å². The number of hydrogen-bond donors (Lipinski definition) is 0. The molecule has 162 valence electrons. The molecule has 2 aliphatic rings. The van der Waals surface area contributed by atoms with Crippen molar-refractivity contribution in [2.75, 3.05) is 26.7 Å². The maximum Gasteiger partial charge on any atom is 0.222 e. The van der Waals surface area contributed by atoms with Gasteiger partial charge < -0.3 is 9.64 Å². The third-order valence-electron chi connectivity index (χ3n) is 6.98. The lowest BCUT2D eigenvalue weighted by Crippen LogP contribution is -2.48. The number of nitrogens with zero attached hydrogens (tertiary/aromatic N) is 2. The van der Waals surface area contributed by atoms with Gasteiger partial charge in [0.2, 0.25) is 5.91 Å². The number of fused-ring (bicyclic) bond motifs is 2. The molecular formula is C26H30N2O2S. The summed E-state index contributed by atoms with van der Waals surface area (Å²) >= 11 is 1.90. The molecule has 5 rings (SSSR count). The summed E-state index contributed by atoms with van der Waals surface area (Å²) in [4.78, 5) is 19.3. The van der Waals surface area contributed by atoms with Crippen LogP contribution < -0.4 is 4.74 Å². The number of thiophene rings is 1. The highest BCUT2D eigenvalue weighted by molar-refractivity contribution is 7.10. The first-order valence-corrected chi connectivity index (χ1v) is 12.2. The van der Waals surface area contributed by atoms with E-state index in [-0.39, 0.29) is 5.91 Å². The van der Waals surface area contributed by atoms with Crippen molar-refractivity contribution >= 4 is 28.0 Å². The van der Waals surface area contributed by atoms with Crippen LogP contribution in [0.5, 0.6) is 5.75 Å². The molecule has 0 unspecified atom stereocenters. The van der Waals surface area contributed by atoms with Gasteiger partial charge in [0.1, 0.15) is 5.75 Å². The zero-order chi connectivity index (χ0) is 21.2. The number of methoxy groups -OCH3 is 1. The summed E-state index contributed by atoms with van der Waals surface area (Å²) < 4.78 is 5.60. The van der Waals surface area contributed by atoms with Crippen LogP contribution in [-0.4, -0.2) is 48.5 Å². The van der Waals surface area contributed by atoms with Crippen molar-refractivity contribution in [1.82, 2.24) is 9.80 Å². The second-order valence-electron chi connectivity index (χ2n) is 8.67. The molecule has 0 spiro atoms. The fourth-order valence-electron chi connectivity index (χ4n) is 5.22. The lowest BCUT2D eigenvalue weighted by molar-refractivity contribution is -0.132. The van der Waals surface area contributed by atoms with Crippen LogP contribution in [0.15, 0.2) is 47.8 Å². The summed E-state index contributed by atoms with van der Waals surface area (Å²) in [5.74, 6) is 1.15. The summed E-state index contributed by atoms with van der Waals surface area (Å²) in [6.45, 7) is 4.00. The Morgan fingerprint density at radius 3 is 2.77 bits per heavy atom. The molecule has 31 heavy (non-hydrogen) atoms. The van der Waals surface area contributed by atoms with E-state index in [9.17, 15) is 4.79 Å². The number of ether oxygens (including phenoxy) is 1. The van der Waals surface area contributed by atoms with E-state index in [1.165, 1.54) is 22.8 Å². The summed E-state index contributed by atoms with van der Waals surface area (Å²) in [5, 5.41) is 4.61. The van der Waals surface area contributed by atoms with Crippen molar-refractivity contribution in [2.45, 2.75) is 44.7 Å². The smallest absolute Gasteiger partial charge is 0.222 e. The van der Waals surface area contributed by atoms with Gasteiger partial charge >= 0.3 is 0 Å². The Morgan fingerprint density at radius 1 is 1.10 bits per heavy atom. The van der Waals surface area contributed by atoms with Crippen LogP contribution in [0.25, 0.3) is 10.8 Å². The molecule has 0 radical (unpaired) electrons. The minimum atomic E-state index is 0.271. The van der Waals surface area contributed by atoms with Crippen molar-refractivity contribution in [3.63, 3.8) is 0 Å². The van der Waals surface area contributed by atoms with E-state index in [0.717, 1.165) is 56.8 Å². The Hall–Kier alpha value is -2.37. The van der Waals surface area contributed by atoms with E-state index in [1.807, 2.05) is 17.4 Å². The highest BCUT2D eigenvalue weighted by Gasteiger charge is 2.29. The zero-order valence-corrected chi connectivity index (χ0v) is 19.0. The number of aryl methyl sites for hydroxylation is 1. The van der Waals surface area contributed by atoms with E-state index in [2.05, 4.69) is 51.6 Å². The fourth-order valence-corrected chi connectivity index (χ4v) is 6.11. The van der Waals surface area contributed by atoms with E-state index < -0.39 is 0 Å². The minimum Gasteiger partial charge on any atom is -0.496 e. The second kappa shape index (κ2) is 9.01. The number of amides is 1. The quantitative estimate of drug-likeness (QED) is 0.573. The van der Waals surface area contributed by atoms with Crippen molar-refractivity contribution < 1.29 is 9.53 Å². The van der Waals surface area contributed by atoms with Crippen LogP contribution in [0.3, 0.4) is 0 Å². The lowest BCUT2D eigenvalue weighted by atomic mass is 9.97. The summed E-state index contributed by atoms with van der Waals surface area (Å²) in [5.41, 5.74) is 2.66. The Bertz CT molecular complexity index is 1070. The third-order valence-corrected chi connectivity index (χ3v) is 8.00. The molecule has 3 aromatic rings. The van der Waals surface area contributed by atoms with E-state index in [0.29, 0.717) is 12.5 Å². The molecule has 0 N–H and O–H groups in total. The van der Waals surface area contributed by atoms with Gasteiger partial charge in [-0.1, -0.05) is 30.3 Å². The van der Waals surface area contributed by atoms with Crippen molar-refractivity contribution in [3.05, 3.63) is 63.8 Å². The zero-order valence-electron chi connectivity index (χ0n) is 18.2. The maximum atomic E-state index is 13.0. The molecule has 0 bridgehead atoms. The molecule has 2 aliphatic heterocycles. The number of rotatable bonds is 5. The van der Waals surface area contributed by atoms with Crippen LogP contribution in [0, 0.1) is 0 Å². The highest BCUT2D eigenvalue weighted by atomic mass is 32.1. The predicted octanol–water partition coefficient (Wildman–Crippen LogP) is 4.89. The van der Waals surface area contributed by atoms with Crippen LogP contribution in [0.1, 0.15) is 35.3 Å². The van der Waals surface area contributed by atoms with Gasteiger partial charge in [0, 0.05) is 49.1 Å². The van der Waals surface area contributed by atoms with Crippen molar-refractivity contribution in [2.24, 2.45) is 0 Å². The molecule has 0 aliphatic carbocycles. The lowest BCUT2D eigenvalue weighted by Gasteiger charge is -2.40.